The number of rotatable bonds is 2. The third-order valence-corrected chi connectivity index (χ3v) is 3.15. The van der Waals surface area contributed by atoms with Crippen molar-refractivity contribution < 1.29 is 19.1 Å². The predicted octanol–water partition coefficient (Wildman–Crippen LogP) is 0.341. The molecule has 5 nitrogen and oxygen atoms in total. The number of nitrogens with zero attached hydrogens (tertiary/aromatic N) is 1. The van der Waals surface area contributed by atoms with Crippen LogP contribution in [-0.4, -0.2) is 49.0 Å². The Labute approximate surface area is 89.2 Å². The van der Waals surface area contributed by atoms with Crippen molar-refractivity contribution in [3.05, 3.63) is 0 Å². The van der Waals surface area contributed by atoms with Crippen molar-refractivity contribution in [2.45, 2.75) is 44.1 Å². The number of hydrogen-bond donors (Lipinski definition) is 0. The van der Waals surface area contributed by atoms with E-state index in [0.29, 0.717) is 0 Å². The summed E-state index contributed by atoms with van der Waals surface area (Å²) in [6, 6.07) is -0.0146. The van der Waals surface area contributed by atoms with E-state index in [1.54, 1.807) is 21.0 Å². The van der Waals surface area contributed by atoms with Crippen LogP contribution in [0.1, 0.15) is 20.3 Å². The van der Waals surface area contributed by atoms with E-state index < -0.39 is 5.60 Å². The number of ether oxygens (including phenoxy) is 2. The summed E-state index contributed by atoms with van der Waals surface area (Å²) in [6.07, 6.45) is 0.705. The molecule has 2 heterocycles. The zero-order valence-corrected chi connectivity index (χ0v) is 9.52. The number of carbonyl (C=O) groups excluding carboxylic acids is 1. The molecule has 15 heavy (non-hydrogen) atoms. The molecule has 5 heteroatoms. The Balaban J connectivity index is 2.27. The van der Waals surface area contributed by atoms with Crippen molar-refractivity contribution in [3.63, 3.8) is 0 Å². The fourth-order valence-electron chi connectivity index (χ4n) is 2.27. The molecule has 3 atom stereocenters. The van der Waals surface area contributed by atoms with Crippen LogP contribution in [0.2, 0.25) is 0 Å². The first-order chi connectivity index (χ1) is 7.01. The number of amides is 1. The minimum absolute atomic E-state index is 0.000833. The summed E-state index contributed by atoms with van der Waals surface area (Å²) in [5.41, 5.74) is -0.831. The van der Waals surface area contributed by atoms with Gasteiger partial charge in [0.1, 0.15) is 11.7 Å². The molecule has 2 unspecified atom stereocenters. The molecule has 1 saturated carbocycles. The molecule has 0 aromatic rings. The number of fused-ring (bicyclic) bond motifs is 3. The van der Waals surface area contributed by atoms with E-state index in [0.717, 1.165) is 6.42 Å². The third-order valence-electron chi connectivity index (χ3n) is 3.15. The topological polar surface area (TPSA) is 48.0 Å². The average Bonchev–Trinajstić information content (AvgIpc) is 2.29. The van der Waals surface area contributed by atoms with Crippen LogP contribution >= 0.6 is 0 Å². The first kappa shape index (κ1) is 10.9. The van der Waals surface area contributed by atoms with Gasteiger partial charge >= 0.3 is 0 Å². The van der Waals surface area contributed by atoms with E-state index in [2.05, 4.69) is 0 Å². The van der Waals surface area contributed by atoms with Crippen molar-refractivity contribution in [2.75, 3.05) is 14.2 Å². The number of methoxy groups -OCH3 is 1. The molecule has 1 amide bonds. The van der Waals surface area contributed by atoms with Crippen LogP contribution in [0.4, 0.5) is 0 Å². The van der Waals surface area contributed by atoms with Gasteiger partial charge in [-0.3, -0.25) is 9.63 Å². The van der Waals surface area contributed by atoms with Crippen LogP contribution in [-0.2, 0) is 19.1 Å². The van der Waals surface area contributed by atoms with Crippen molar-refractivity contribution in [1.82, 2.24) is 5.06 Å². The van der Waals surface area contributed by atoms with E-state index in [9.17, 15) is 4.79 Å². The van der Waals surface area contributed by atoms with Crippen LogP contribution in [0, 0.1) is 0 Å². The highest BCUT2D eigenvalue weighted by atomic mass is 16.7. The fraction of sp³-hybridized carbons (Fsp3) is 0.900. The highest BCUT2D eigenvalue weighted by molar-refractivity contribution is 5.84. The van der Waals surface area contributed by atoms with Gasteiger partial charge in [-0.1, -0.05) is 0 Å². The fourth-order valence-corrected chi connectivity index (χ4v) is 2.27. The Kier molecular flexibility index (Phi) is 2.48. The molecule has 0 aromatic carbocycles. The van der Waals surface area contributed by atoms with Gasteiger partial charge in [0.25, 0.3) is 5.91 Å². The highest BCUT2D eigenvalue weighted by Gasteiger charge is 2.56. The van der Waals surface area contributed by atoms with Gasteiger partial charge in [-0.05, 0) is 13.8 Å². The summed E-state index contributed by atoms with van der Waals surface area (Å²) in [7, 11) is 3.13. The Bertz CT molecular complexity index is 279. The van der Waals surface area contributed by atoms with Gasteiger partial charge in [0.2, 0.25) is 0 Å². The second kappa shape index (κ2) is 3.43. The van der Waals surface area contributed by atoms with Crippen molar-refractivity contribution in [2.24, 2.45) is 0 Å². The Morgan fingerprint density at radius 1 is 1.47 bits per heavy atom. The second-order valence-corrected chi connectivity index (χ2v) is 4.48. The van der Waals surface area contributed by atoms with E-state index in [1.165, 1.54) is 12.2 Å². The molecule has 0 spiro atoms. The maximum absolute atomic E-state index is 12.0. The standard InChI is InChI=1S/C10H17NO4/c1-10(2)9(12)11(14-4)6-5-7(15-10)8(6)13-3/h6-8H,5H2,1-4H3/t6?,7-,8?/m1/s1. The van der Waals surface area contributed by atoms with Crippen molar-refractivity contribution in [3.8, 4) is 0 Å². The molecule has 86 valence electrons. The molecular formula is C10H17NO4. The zero-order chi connectivity index (χ0) is 11.2. The third kappa shape index (κ3) is 1.46. The SMILES string of the molecule is COC1C2C[C@H]1OC(C)(C)C(=O)N2OC. The summed E-state index contributed by atoms with van der Waals surface area (Å²) in [5.74, 6) is -0.142. The van der Waals surface area contributed by atoms with E-state index in [1.807, 2.05) is 0 Å². The molecule has 0 N–H and O–H groups in total. The van der Waals surface area contributed by atoms with Crippen molar-refractivity contribution >= 4 is 5.91 Å². The lowest BCUT2D eigenvalue weighted by Crippen LogP contribution is -2.58. The van der Waals surface area contributed by atoms with Crippen LogP contribution in [0.5, 0.6) is 0 Å². The Morgan fingerprint density at radius 2 is 2.13 bits per heavy atom. The Hall–Kier alpha value is -0.650. The largest absolute Gasteiger partial charge is 0.376 e. The summed E-state index contributed by atoms with van der Waals surface area (Å²) < 4.78 is 11.0. The lowest BCUT2D eigenvalue weighted by molar-refractivity contribution is -0.219. The summed E-state index contributed by atoms with van der Waals surface area (Å²) >= 11 is 0. The molecule has 2 bridgehead atoms. The van der Waals surface area contributed by atoms with Gasteiger partial charge in [0.05, 0.1) is 19.3 Å². The van der Waals surface area contributed by atoms with E-state index >= 15 is 0 Å². The molecule has 0 aromatic heterocycles. The minimum atomic E-state index is -0.831. The highest BCUT2D eigenvalue weighted by Crippen LogP contribution is 2.39. The average molecular weight is 215 g/mol. The van der Waals surface area contributed by atoms with Crippen LogP contribution < -0.4 is 0 Å². The molecule has 2 saturated heterocycles. The molecule has 2 aliphatic heterocycles. The molecule has 3 rings (SSSR count). The maximum Gasteiger partial charge on any atom is 0.278 e. The zero-order valence-electron chi connectivity index (χ0n) is 9.52. The summed E-state index contributed by atoms with van der Waals surface area (Å²) in [4.78, 5) is 17.1. The molecule has 3 aliphatic rings. The van der Waals surface area contributed by atoms with E-state index in [-0.39, 0.29) is 24.2 Å². The normalized spacial score (nSPS) is 38.5. The van der Waals surface area contributed by atoms with Crippen molar-refractivity contribution in [1.29, 1.82) is 0 Å². The van der Waals surface area contributed by atoms with Crippen LogP contribution in [0.3, 0.4) is 0 Å². The van der Waals surface area contributed by atoms with Crippen LogP contribution in [0.25, 0.3) is 0 Å². The minimum Gasteiger partial charge on any atom is -0.376 e. The smallest absolute Gasteiger partial charge is 0.278 e. The second-order valence-electron chi connectivity index (χ2n) is 4.48. The monoisotopic (exact) mass is 215 g/mol. The lowest BCUT2D eigenvalue weighted by atomic mass is 9.85. The quantitative estimate of drug-likeness (QED) is 0.666. The number of hydrogen-bond acceptors (Lipinski definition) is 4. The van der Waals surface area contributed by atoms with Gasteiger partial charge in [-0.25, -0.2) is 5.06 Å². The van der Waals surface area contributed by atoms with Crippen LogP contribution in [0.15, 0.2) is 0 Å². The Morgan fingerprint density at radius 3 is 2.67 bits per heavy atom. The molecule has 1 aliphatic carbocycles. The van der Waals surface area contributed by atoms with E-state index in [4.69, 9.17) is 14.3 Å². The lowest BCUT2D eigenvalue weighted by Gasteiger charge is -2.43. The van der Waals surface area contributed by atoms with Gasteiger partial charge in [-0.15, -0.1) is 0 Å². The molecule has 3 fully saturated rings. The van der Waals surface area contributed by atoms with Gasteiger partial charge in [0, 0.05) is 13.5 Å². The van der Waals surface area contributed by atoms with Gasteiger partial charge in [0.15, 0.2) is 0 Å². The predicted molar refractivity (Wildman–Crippen MR) is 52.0 cm³/mol. The summed E-state index contributed by atoms with van der Waals surface area (Å²) in [5, 5.41) is 1.39. The number of carbonyl (C=O) groups is 1. The van der Waals surface area contributed by atoms with Gasteiger partial charge < -0.3 is 9.47 Å². The summed E-state index contributed by atoms with van der Waals surface area (Å²) in [6.45, 7) is 3.52. The van der Waals surface area contributed by atoms with Gasteiger partial charge in [-0.2, -0.15) is 0 Å². The molecule has 0 radical (unpaired) electrons. The maximum atomic E-state index is 12.0. The molecular weight excluding hydrogens is 198 g/mol. The first-order valence-corrected chi connectivity index (χ1v) is 5.09. The number of hydroxylamine groups is 2. The first-order valence-electron chi connectivity index (χ1n) is 5.09.